The van der Waals surface area contributed by atoms with Crippen molar-refractivity contribution in [2.24, 2.45) is 17.8 Å². The van der Waals surface area contributed by atoms with E-state index in [1.54, 1.807) is 0 Å². The van der Waals surface area contributed by atoms with Crippen molar-refractivity contribution in [1.29, 1.82) is 0 Å². The first-order chi connectivity index (χ1) is 4.83. The minimum Gasteiger partial charge on any atom is -0.396 e. The second-order valence-electron chi connectivity index (χ2n) is 3.84. The van der Waals surface area contributed by atoms with Gasteiger partial charge in [0.2, 0.25) is 0 Å². The van der Waals surface area contributed by atoms with E-state index in [1.807, 2.05) is 0 Å². The summed E-state index contributed by atoms with van der Waals surface area (Å²) in [5, 5.41) is 9.02. The molecule has 0 aromatic heterocycles. The van der Waals surface area contributed by atoms with E-state index in [4.69, 9.17) is 5.11 Å². The van der Waals surface area contributed by atoms with Gasteiger partial charge >= 0.3 is 0 Å². The van der Waals surface area contributed by atoms with E-state index in [9.17, 15) is 0 Å². The molecule has 0 radical (unpaired) electrons. The summed E-state index contributed by atoms with van der Waals surface area (Å²) in [5.74, 6) is 2.21. The summed E-state index contributed by atoms with van der Waals surface area (Å²) in [6, 6.07) is 0.559. The van der Waals surface area contributed by atoms with E-state index in [2.05, 4.69) is 5.73 Å². The first kappa shape index (κ1) is 6.62. The van der Waals surface area contributed by atoms with Crippen LogP contribution in [0.15, 0.2) is 0 Å². The van der Waals surface area contributed by atoms with Gasteiger partial charge in [-0.1, -0.05) is 0 Å². The lowest BCUT2D eigenvalue weighted by molar-refractivity contribution is -0.444. The zero-order valence-corrected chi connectivity index (χ0v) is 6.29. The summed E-state index contributed by atoms with van der Waals surface area (Å²) < 4.78 is 0. The molecule has 0 heterocycles. The summed E-state index contributed by atoms with van der Waals surface area (Å²) in [7, 11) is 0. The predicted molar refractivity (Wildman–Crippen MR) is 38.1 cm³/mol. The van der Waals surface area contributed by atoms with Gasteiger partial charge in [0.15, 0.2) is 0 Å². The number of hydrogen-bond acceptors (Lipinski definition) is 1. The molecule has 2 nitrogen and oxygen atoms in total. The summed E-state index contributed by atoms with van der Waals surface area (Å²) >= 11 is 0. The van der Waals surface area contributed by atoms with Gasteiger partial charge < -0.3 is 10.8 Å². The predicted octanol–water partition coefficient (Wildman–Crippen LogP) is -0.365. The van der Waals surface area contributed by atoms with Gasteiger partial charge in [-0.25, -0.2) is 0 Å². The summed E-state index contributed by atoms with van der Waals surface area (Å²) in [5.41, 5.74) is 4.11. The van der Waals surface area contributed by atoms with Crippen LogP contribution >= 0.6 is 0 Å². The van der Waals surface area contributed by atoms with Crippen LogP contribution in [-0.2, 0) is 0 Å². The molecule has 10 heavy (non-hydrogen) atoms. The first-order valence-electron chi connectivity index (χ1n) is 4.27. The van der Waals surface area contributed by atoms with E-state index in [0.29, 0.717) is 18.6 Å². The number of fused-ring (bicyclic) bond motifs is 2. The van der Waals surface area contributed by atoms with Crippen LogP contribution in [0, 0.1) is 17.8 Å². The van der Waals surface area contributed by atoms with E-state index < -0.39 is 0 Å². The molecule has 2 heteroatoms. The van der Waals surface area contributed by atoms with Gasteiger partial charge in [-0.15, -0.1) is 0 Å². The maximum Gasteiger partial charge on any atom is 0.0925 e. The highest BCUT2D eigenvalue weighted by molar-refractivity contribution is 4.95. The van der Waals surface area contributed by atoms with Crippen LogP contribution in [0.1, 0.15) is 19.3 Å². The van der Waals surface area contributed by atoms with E-state index in [-0.39, 0.29) is 0 Å². The third-order valence-electron chi connectivity index (χ3n) is 3.49. The average Bonchev–Trinajstić information content (AvgIpc) is 2.46. The molecule has 0 unspecified atom stereocenters. The van der Waals surface area contributed by atoms with Crippen LogP contribution in [-0.4, -0.2) is 17.8 Å². The van der Waals surface area contributed by atoms with Crippen LogP contribution in [0.5, 0.6) is 0 Å². The molecule has 0 aromatic rings. The van der Waals surface area contributed by atoms with Crippen molar-refractivity contribution in [2.75, 3.05) is 6.61 Å². The van der Waals surface area contributed by atoms with Crippen molar-refractivity contribution in [2.45, 2.75) is 25.3 Å². The van der Waals surface area contributed by atoms with E-state index in [0.717, 1.165) is 11.8 Å². The molecular weight excluding hydrogens is 126 g/mol. The fourth-order valence-electron chi connectivity index (χ4n) is 2.81. The Balaban J connectivity index is 2.10. The Labute approximate surface area is 61.4 Å². The van der Waals surface area contributed by atoms with E-state index in [1.165, 1.54) is 19.3 Å². The highest BCUT2D eigenvalue weighted by Crippen LogP contribution is 2.46. The van der Waals surface area contributed by atoms with Gasteiger partial charge in [0.25, 0.3) is 0 Å². The molecule has 0 aromatic carbocycles. The third kappa shape index (κ3) is 0.722. The number of aliphatic hydroxyl groups is 1. The molecule has 4 N–H and O–H groups in total. The first-order valence-corrected chi connectivity index (χ1v) is 4.27. The van der Waals surface area contributed by atoms with Gasteiger partial charge in [0.05, 0.1) is 12.6 Å². The Morgan fingerprint density at radius 2 is 2.00 bits per heavy atom. The van der Waals surface area contributed by atoms with Gasteiger partial charge in [-0.3, -0.25) is 0 Å². The number of quaternary nitrogens is 1. The van der Waals surface area contributed by atoms with Crippen molar-refractivity contribution in [3.63, 3.8) is 0 Å². The second kappa shape index (κ2) is 2.21. The molecule has 0 spiro atoms. The number of hydrogen-bond donors (Lipinski definition) is 2. The SMILES string of the molecule is [NH3+][C@@H]1[C@@H]2CC[C@H](C2)[C@@H]1CO. The molecule has 0 amide bonds. The highest BCUT2D eigenvalue weighted by Gasteiger charge is 2.47. The van der Waals surface area contributed by atoms with Gasteiger partial charge in [-0.05, 0) is 25.2 Å². The molecule has 2 bridgehead atoms. The largest absolute Gasteiger partial charge is 0.396 e. The molecule has 4 atom stereocenters. The molecule has 2 saturated carbocycles. The van der Waals surface area contributed by atoms with Gasteiger partial charge in [0, 0.05) is 11.8 Å². The summed E-state index contributed by atoms with van der Waals surface area (Å²) in [6.07, 6.45) is 4.07. The Hall–Kier alpha value is -0.0800. The zero-order valence-electron chi connectivity index (χ0n) is 6.29. The van der Waals surface area contributed by atoms with Crippen molar-refractivity contribution in [3.8, 4) is 0 Å². The Morgan fingerprint density at radius 3 is 2.40 bits per heavy atom. The fraction of sp³-hybridized carbons (Fsp3) is 1.00. The van der Waals surface area contributed by atoms with Crippen molar-refractivity contribution < 1.29 is 10.8 Å². The van der Waals surface area contributed by atoms with Crippen LogP contribution in [0.25, 0.3) is 0 Å². The molecule has 2 aliphatic rings. The molecule has 58 valence electrons. The Kier molecular flexibility index (Phi) is 1.46. The second-order valence-corrected chi connectivity index (χ2v) is 3.84. The van der Waals surface area contributed by atoms with E-state index >= 15 is 0 Å². The maximum absolute atomic E-state index is 9.02. The molecular formula is C8H16NO+. The van der Waals surface area contributed by atoms with Crippen LogP contribution in [0.4, 0.5) is 0 Å². The van der Waals surface area contributed by atoms with Crippen molar-refractivity contribution in [3.05, 3.63) is 0 Å². The fourth-order valence-corrected chi connectivity index (χ4v) is 2.81. The topological polar surface area (TPSA) is 47.9 Å². The van der Waals surface area contributed by atoms with Crippen LogP contribution in [0.3, 0.4) is 0 Å². The standard InChI is InChI=1S/C8H15NO/c9-8-6-2-1-5(3-6)7(8)4-10/h5-8,10H,1-4,9H2/p+1/t5-,6-,7+,8-/m1/s1. The van der Waals surface area contributed by atoms with Crippen LogP contribution in [0.2, 0.25) is 0 Å². The molecule has 0 saturated heterocycles. The maximum atomic E-state index is 9.02. The molecule has 2 fully saturated rings. The number of rotatable bonds is 1. The molecule has 2 aliphatic carbocycles. The third-order valence-corrected chi connectivity index (χ3v) is 3.49. The van der Waals surface area contributed by atoms with Gasteiger partial charge in [0.1, 0.15) is 0 Å². The lowest BCUT2D eigenvalue weighted by atomic mass is 9.86. The normalized spacial score (nSPS) is 52.2. The lowest BCUT2D eigenvalue weighted by Gasteiger charge is -2.22. The highest BCUT2D eigenvalue weighted by atomic mass is 16.3. The van der Waals surface area contributed by atoms with Gasteiger partial charge in [-0.2, -0.15) is 0 Å². The minimum atomic E-state index is 0.370. The Bertz CT molecular complexity index is 135. The zero-order chi connectivity index (χ0) is 7.14. The number of aliphatic hydroxyl groups excluding tert-OH is 1. The smallest absolute Gasteiger partial charge is 0.0925 e. The van der Waals surface area contributed by atoms with Crippen molar-refractivity contribution >= 4 is 0 Å². The minimum absolute atomic E-state index is 0.370. The molecule has 0 aliphatic heterocycles. The van der Waals surface area contributed by atoms with Crippen LogP contribution < -0.4 is 5.73 Å². The quantitative estimate of drug-likeness (QED) is 0.516. The molecule has 2 rings (SSSR count). The average molecular weight is 142 g/mol. The Morgan fingerprint density at radius 1 is 1.30 bits per heavy atom. The summed E-state index contributed by atoms with van der Waals surface area (Å²) in [6.45, 7) is 0.370. The summed E-state index contributed by atoms with van der Waals surface area (Å²) in [4.78, 5) is 0. The van der Waals surface area contributed by atoms with Crippen molar-refractivity contribution in [1.82, 2.24) is 0 Å². The monoisotopic (exact) mass is 142 g/mol. The lowest BCUT2D eigenvalue weighted by Crippen LogP contribution is -2.67.